The van der Waals surface area contributed by atoms with Crippen molar-refractivity contribution in [1.29, 1.82) is 0 Å². The van der Waals surface area contributed by atoms with Gasteiger partial charge in [0.2, 0.25) is 0 Å². The maximum atomic E-state index is 12.9. The lowest BCUT2D eigenvalue weighted by molar-refractivity contribution is -0.332. The van der Waals surface area contributed by atoms with Gasteiger partial charge in [0.25, 0.3) is 0 Å². The maximum Gasteiger partial charge on any atom is 0.306 e. The van der Waals surface area contributed by atoms with Crippen molar-refractivity contribution in [3.63, 3.8) is 0 Å². The van der Waals surface area contributed by atoms with Gasteiger partial charge in [0, 0.05) is 12.8 Å². The molecule has 11 atom stereocenters. The van der Waals surface area contributed by atoms with Gasteiger partial charge in [-0.2, -0.15) is 0 Å². The SMILES string of the molecule is CCCCCC/C=C/C=C/CCCCCCCC(=O)O[C@H](COC(=O)CCCCCCCCC)CO[C@@H]1O[C@H](CO[C@@H]2O[C@H](CO)[C@H](O)C(O)C2O)[C@H](O)C(O)C1O. The second-order valence-corrected chi connectivity index (χ2v) is 15.6. The molecule has 2 saturated heterocycles. The number of carbonyl (C=O) groups excluding carboxylic acids is 2. The van der Waals surface area contributed by atoms with Crippen LogP contribution in [0.5, 0.6) is 0 Å². The molecule has 0 aromatic rings. The Morgan fingerprint density at radius 2 is 1.02 bits per heavy atom. The highest BCUT2D eigenvalue weighted by atomic mass is 16.7. The summed E-state index contributed by atoms with van der Waals surface area (Å²) in [6, 6.07) is 0. The molecule has 0 bridgehead atoms. The van der Waals surface area contributed by atoms with Crippen molar-refractivity contribution in [1.82, 2.24) is 0 Å². The molecule has 2 heterocycles. The van der Waals surface area contributed by atoms with E-state index < -0.39 is 92.7 Å². The molecule has 0 radical (unpaired) electrons. The third kappa shape index (κ3) is 21.0. The van der Waals surface area contributed by atoms with Crippen LogP contribution in [0.3, 0.4) is 0 Å². The fourth-order valence-corrected chi connectivity index (χ4v) is 6.73. The molecule has 4 unspecified atom stereocenters. The van der Waals surface area contributed by atoms with Crippen LogP contribution >= 0.6 is 0 Å². The van der Waals surface area contributed by atoms with Crippen LogP contribution in [0, 0.1) is 0 Å². The lowest BCUT2D eigenvalue weighted by Crippen LogP contribution is -2.61. The summed E-state index contributed by atoms with van der Waals surface area (Å²) < 4.78 is 33.3. The third-order valence-corrected chi connectivity index (χ3v) is 10.5. The van der Waals surface area contributed by atoms with Gasteiger partial charge in [0.05, 0.1) is 19.8 Å². The Kier molecular flexibility index (Phi) is 28.6. The Bertz CT molecular complexity index is 1120. The Morgan fingerprint density at radius 3 is 1.59 bits per heavy atom. The van der Waals surface area contributed by atoms with Gasteiger partial charge >= 0.3 is 11.9 Å². The summed E-state index contributed by atoms with van der Waals surface area (Å²) in [5, 5.41) is 71.7. The predicted molar refractivity (Wildman–Crippen MR) is 215 cm³/mol. The first kappa shape index (κ1) is 52.1. The number of carbonyl (C=O) groups is 2. The summed E-state index contributed by atoms with van der Waals surface area (Å²) in [5.74, 6) is -0.951. The zero-order valence-electron chi connectivity index (χ0n) is 35.0. The standard InChI is InChI=1S/C43H76O15/c1-3-5-7-9-11-12-13-14-15-16-17-18-20-22-24-26-35(46)56-31(28-53-34(45)25-23-21-19-10-8-6-4-2)29-54-42-41(52)39(50)37(48)33(58-42)30-55-43-40(51)38(49)36(47)32(27-44)57-43/h12-15,31-33,36-44,47-52H,3-11,16-30H2,1-2H3/b13-12+,15-14+/t31-,32-,33-,36+,37+,38?,39?,40?,41?,42-,43-/m1/s1. The normalized spacial score (nSPS) is 28.3. The third-order valence-electron chi connectivity index (χ3n) is 10.5. The minimum atomic E-state index is -1.76. The molecule has 0 spiro atoms. The quantitative estimate of drug-likeness (QED) is 0.0288. The molecular formula is C43H76O15. The second-order valence-electron chi connectivity index (χ2n) is 15.6. The van der Waals surface area contributed by atoms with Crippen LogP contribution in [0.15, 0.2) is 24.3 Å². The summed E-state index contributed by atoms with van der Waals surface area (Å²) in [4.78, 5) is 25.4. The van der Waals surface area contributed by atoms with Crippen LogP contribution in [0.25, 0.3) is 0 Å². The summed E-state index contributed by atoms with van der Waals surface area (Å²) in [7, 11) is 0. The van der Waals surface area contributed by atoms with Gasteiger partial charge < -0.3 is 64.2 Å². The maximum absolute atomic E-state index is 12.9. The van der Waals surface area contributed by atoms with Gasteiger partial charge in [-0.3, -0.25) is 9.59 Å². The Balaban J connectivity index is 1.86. The molecule has 2 aliphatic rings. The number of unbranched alkanes of at least 4 members (excludes halogenated alkanes) is 15. The molecule has 7 N–H and O–H groups in total. The monoisotopic (exact) mass is 833 g/mol. The van der Waals surface area contributed by atoms with Crippen molar-refractivity contribution in [3.8, 4) is 0 Å². The zero-order chi connectivity index (χ0) is 42.5. The highest BCUT2D eigenvalue weighted by Gasteiger charge is 2.47. The molecule has 58 heavy (non-hydrogen) atoms. The number of hydrogen-bond donors (Lipinski definition) is 7. The first-order valence-corrected chi connectivity index (χ1v) is 21.9. The van der Waals surface area contributed by atoms with Crippen LogP contribution in [0.2, 0.25) is 0 Å². The largest absolute Gasteiger partial charge is 0.462 e. The molecule has 0 aromatic heterocycles. The van der Waals surface area contributed by atoms with Gasteiger partial charge in [0.15, 0.2) is 18.7 Å². The van der Waals surface area contributed by atoms with Gasteiger partial charge in [-0.05, 0) is 38.5 Å². The van der Waals surface area contributed by atoms with Crippen molar-refractivity contribution in [2.75, 3.05) is 26.4 Å². The average Bonchev–Trinajstić information content (AvgIpc) is 3.21. The van der Waals surface area contributed by atoms with Crippen molar-refractivity contribution in [3.05, 3.63) is 24.3 Å². The van der Waals surface area contributed by atoms with Gasteiger partial charge in [-0.1, -0.05) is 115 Å². The molecule has 2 fully saturated rings. The molecule has 15 heteroatoms. The second kappa shape index (κ2) is 31.8. The minimum absolute atomic E-state index is 0.149. The summed E-state index contributed by atoms with van der Waals surface area (Å²) in [6.07, 6.45) is 11.1. The molecule has 338 valence electrons. The molecule has 2 rings (SSSR count). The molecule has 0 aliphatic carbocycles. The van der Waals surface area contributed by atoms with E-state index in [0.29, 0.717) is 12.8 Å². The smallest absolute Gasteiger partial charge is 0.306 e. The number of hydrogen-bond acceptors (Lipinski definition) is 15. The number of aliphatic hydroxyl groups is 7. The van der Waals surface area contributed by atoms with E-state index in [1.54, 1.807) is 0 Å². The fraction of sp³-hybridized carbons (Fsp3) is 0.860. The number of aliphatic hydroxyl groups excluding tert-OH is 7. The number of rotatable bonds is 32. The van der Waals surface area contributed by atoms with Crippen molar-refractivity contribution < 1.29 is 73.8 Å². The highest BCUT2D eigenvalue weighted by molar-refractivity contribution is 5.70. The highest BCUT2D eigenvalue weighted by Crippen LogP contribution is 2.26. The van der Waals surface area contributed by atoms with E-state index >= 15 is 0 Å². The number of allylic oxidation sites excluding steroid dienone is 4. The predicted octanol–water partition coefficient (Wildman–Crippen LogP) is 4.04. The van der Waals surface area contributed by atoms with Crippen LogP contribution < -0.4 is 0 Å². The van der Waals surface area contributed by atoms with E-state index in [2.05, 4.69) is 38.2 Å². The van der Waals surface area contributed by atoms with E-state index in [-0.39, 0.29) is 26.1 Å². The van der Waals surface area contributed by atoms with E-state index in [9.17, 15) is 45.3 Å². The van der Waals surface area contributed by atoms with E-state index in [1.807, 2.05) is 0 Å². The summed E-state index contributed by atoms with van der Waals surface area (Å²) >= 11 is 0. The van der Waals surface area contributed by atoms with Gasteiger partial charge in [0.1, 0.15) is 55.4 Å². The summed E-state index contributed by atoms with van der Waals surface area (Å²) in [5.41, 5.74) is 0. The molecule has 0 aromatic carbocycles. The number of ether oxygens (including phenoxy) is 6. The Hall–Kier alpha value is -2.02. The lowest BCUT2D eigenvalue weighted by Gasteiger charge is -2.42. The van der Waals surface area contributed by atoms with Crippen molar-refractivity contribution in [2.45, 2.75) is 210 Å². The number of esters is 2. The molecule has 2 aliphatic heterocycles. The molecule has 15 nitrogen and oxygen atoms in total. The minimum Gasteiger partial charge on any atom is -0.462 e. The first-order chi connectivity index (χ1) is 28.0. The van der Waals surface area contributed by atoms with Crippen LogP contribution in [0.4, 0.5) is 0 Å². The zero-order valence-corrected chi connectivity index (χ0v) is 35.0. The van der Waals surface area contributed by atoms with Crippen molar-refractivity contribution in [2.24, 2.45) is 0 Å². The Morgan fingerprint density at radius 1 is 0.552 bits per heavy atom. The van der Waals surface area contributed by atoms with Crippen molar-refractivity contribution >= 4 is 11.9 Å². The fourth-order valence-electron chi connectivity index (χ4n) is 6.73. The lowest BCUT2D eigenvalue weighted by atomic mass is 9.98. The first-order valence-electron chi connectivity index (χ1n) is 21.9. The van der Waals surface area contributed by atoms with E-state index in [0.717, 1.165) is 64.2 Å². The van der Waals surface area contributed by atoms with Crippen LogP contribution in [-0.2, 0) is 38.0 Å². The molecule has 0 amide bonds. The van der Waals surface area contributed by atoms with Crippen LogP contribution in [0.1, 0.15) is 142 Å². The van der Waals surface area contributed by atoms with Gasteiger partial charge in [-0.25, -0.2) is 0 Å². The molecule has 0 saturated carbocycles. The van der Waals surface area contributed by atoms with Crippen LogP contribution in [-0.4, -0.2) is 142 Å². The van der Waals surface area contributed by atoms with E-state index in [1.165, 1.54) is 38.5 Å². The Labute approximate surface area is 345 Å². The summed E-state index contributed by atoms with van der Waals surface area (Å²) in [6.45, 7) is 2.47. The average molecular weight is 833 g/mol. The molecular weight excluding hydrogens is 756 g/mol. The topological polar surface area (TPSA) is 231 Å². The van der Waals surface area contributed by atoms with Gasteiger partial charge in [-0.15, -0.1) is 0 Å². The van der Waals surface area contributed by atoms with E-state index in [4.69, 9.17) is 28.4 Å².